The summed E-state index contributed by atoms with van der Waals surface area (Å²) >= 11 is 0. The van der Waals surface area contributed by atoms with E-state index in [1.54, 1.807) is 24.3 Å². The average molecular weight is 386 g/mol. The summed E-state index contributed by atoms with van der Waals surface area (Å²) in [6, 6.07) is 6.71. The van der Waals surface area contributed by atoms with Crippen LogP contribution in [0.15, 0.2) is 24.3 Å². The molecule has 28 heavy (non-hydrogen) atoms. The topological polar surface area (TPSA) is 92.8 Å². The molecule has 1 aliphatic carbocycles. The van der Waals surface area contributed by atoms with Crippen LogP contribution in [0.25, 0.3) is 0 Å². The second-order valence-electron chi connectivity index (χ2n) is 7.33. The van der Waals surface area contributed by atoms with E-state index in [2.05, 4.69) is 5.32 Å². The summed E-state index contributed by atoms with van der Waals surface area (Å²) < 4.78 is 5.01. The Morgan fingerprint density at radius 3 is 2.14 bits per heavy atom. The molecule has 1 N–H and O–H groups in total. The fraction of sp³-hybridized carbons (Fsp3) is 0.524. The molecule has 3 amide bonds. The van der Waals surface area contributed by atoms with Gasteiger partial charge in [-0.1, -0.05) is 44.2 Å². The Kier molecular flexibility index (Phi) is 6.79. The third-order valence-corrected chi connectivity index (χ3v) is 5.25. The summed E-state index contributed by atoms with van der Waals surface area (Å²) in [5.74, 6) is -1.73. The molecule has 1 heterocycles. The average Bonchev–Trinajstić information content (AvgIpc) is 2.91. The monoisotopic (exact) mass is 386 g/mol. The van der Waals surface area contributed by atoms with Gasteiger partial charge in [-0.05, 0) is 25.0 Å². The van der Waals surface area contributed by atoms with Gasteiger partial charge < -0.3 is 10.1 Å². The molecule has 150 valence electrons. The molecular formula is C21H26N2O5. The Hall–Kier alpha value is -2.70. The van der Waals surface area contributed by atoms with Crippen LogP contribution < -0.4 is 5.32 Å². The van der Waals surface area contributed by atoms with Gasteiger partial charge in [0.1, 0.15) is 0 Å². The summed E-state index contributed by atoms with van der Waals surface area (Å²) in [5.41, 5.74) is 0.693. The molecule has 0 atom stereocenters. The number of ether oxygens (including phenoxy) is 1. The van der Waals surface area contributed by atoms with Gasteiger partial charge in [-0.15, -0.1) is 0 Å². The third-order valence-electron chi connectivity index (χ3n) is 5.25. The molecule has 0 bridgehead atoms. The van der Waals surface area contributed by atoms with Crippen LogP contribution in [-0.2, 0) is 14.3 Å². The number of fused-ring (bicyclic) bond motifs is 1. The number of carbonyl (C=O) groups excluding carboxylic acids is 4. The van der Waals surface area contributed by atoms with Crippen LogP contribution in [0, 0.1) is 0 Å². The number of esters is 1. The number of amides is 3. The van der Waals surface area contributed by atoms with Crippen LogP contribution in [0.1, 0.15) is 72.1 Å². The normalized spacial score (nSPS) is 17.6. The van der Waals surface area contributed by atoms with E-state index in [-0.39, 0.29) is 31.5 Å². The van der Waals surface area contributed by atoms with Crippen molar-refractivity contribution in [1.82, 2.24) is 10.2 Å². The number of rotatable bonds is 6. The maximum atomic E-state index is 12.2. The number of hydrogen-bond acceptors (Lipinski definition) is 5. The maximum Gasteiger partial charge on any atom is 0.308 e. The molecule has 0 saturated heterocycles. The highest BCUT2D eigenvalue weighted by Crippen LogP contribution is 2.22. The van der Waals surface area contributed by atoms with Crippen molar-refractivity contribution in [1.29, 1.82) is 0 Å². The van der Waals surface area contributed by atoms with Crippen LogP contribution in [0.2, 0.25) is 0 Å². The van der Waals surface area contributed by atoms with Crippen LogP contribution in [0.4, 0.5) is 0 Å². The van der Waals surface area contributed by atoms with E-state index >= 15 is 0 Å². The molecule has 1 aliphatic heterocycles. The second-order valence-corrected chi connectivity index (χ2v) is 7.33. The van der Waals surface area contributed by atoms with E-state index in [1.165, 1.54) is 19.3 Å². The number of carbonyl (C=O) groups is 4. The van der Waals surface area contributed by atoms with Gasteiger partial charge in [0.25, 0.3) is 17.7 Å². The van der Waals surface area contributed by atoms with Gasteiger partial charge in [0.15, 0.2) is 6.61 Å². The highest BCUT2D eigenvalue weighted by atomic mass is 16.5. The van der Waals surface area contributed by atoms with Crippen LogP contribution in [0.3, 0.4) is 0 Å². The highest BCUT2D eigenvalue weighted by Gasteiger charge is 2.35. The first kappa shape index (κ1) is 20.0. The highest BCUT2D eigenvalue weighted by molar-refractivity contribution is 6.21. The van der Waals surface area contributed by atoms with Gasteiger partial charge in [0.2, 0.25) is 0 Å². The molecule has 0 unspecified atom stereocenters. The Labute approximate surface area is 164 Å². The van der Waals surface area contributed by atoms with Gasteiger partial charge in [-0.3, -0.25) is 24.1 Å². The number of benzene rings is 1. The summed E-state index contributed by atoms with van der Waals surface area (Å²) in [7, 11) is 0. The van der Waals surface area contributed by atoms with Crippen molar-refractivity contribution in [2.75, 3.05) is 13.2 Å². The van der Waals surface area contributed by atoms with Crippen molar-refractivity contribution < 1.29 is 23.9 Å². The molecule has 0 aromatic heterocycles. The molecular weight excluding hydrogens is 360 g/mol. The third kappa shape index (κ3) is 4.97. The standard InChI is InChI=1S/C21H26N2O5/c24-18(22-15-8-4-2-1-3-5-9-15)14-28-19(25)12-13-23-20(26)16-10-6-7-11-17(16)21(23)27/h6-7,10-11,15H,1-5,8-9,12-14H2,(H,22,24). The lowest BCUT2D eigenvalue weighted by molar-refractivity contribution is -0.148. The smallest absolute Gasteiger partial charge is 0.308 e. The summed E-state index contributed by atoms with van der Waals surface area (Å²) in [5, 5.41) is 2.93. The van der Waals surface area contributed by atoms with Crippen molar-refractivity contribution >= 4 is 23.7 Å². The van der Waals surface area contributed by atoms with Gasteiger partial charge in [0.05, 0.1) is 17.5 Å². The maximum absolute atomic E-state index is 12.2. The van der Waals surface area contributed by atoms with E-state index in [9.17, 15) is 19.2 Å². The number of nitrogens with one attached hydrogen (secondary N) is 1. The van der Waals surface area contributed by atoms with Gasteiger partial charge in [-0.25, -0.2) is 0 Å². The Bertz CT molecular complexity index is 718. The quantitative estimate of drug-likeness (QED) is 0.599. The first-order valence-corrected chi connectivity index (χ1v) is 9.96. The lowest BCUT2D eigenvalue weighted by Gasteiger charge is -2.21. The Balaban J connectivity index is 1.39. The molecule has 7 nitrogen and oxygen atoms in total. The molecule has 1 fully saturated rings. The zero-order chi connectivity index (χ0) is 19.9. The van der Waals surface area contributed by atoms with Crippen LogP contribution in [0.5, 0.6) is 0 Å². The molecule has 7 heteroatoms. The second kappa shape index (κ2) is 9.48. The first-order chi connectivity index (χ1) is 13.6. The molecule has 3 rings (SSSR count). The minimum absolute atomic E-state index is 0.0601. The summed E-state index contributed by atoms with van der Waals surface area (Å²) in [4.78, 5) is 49.5. The number of imide groups is 1. The molecule has 2 aliphatic rings. The van der Waals surface area contributed by atoms with Crippen molar-refractivity contribution in [2.24, 2.45) is 0 Å². The van der Waals surface area contributed by atoms with E-state index in [0.29, 0.717) is 11.1 Å². The number of nitrogens with zero attached hydrogens (tertiary/aromatic N) is 1. The minimum atomic E-state index is -0.607. The van der Waals surface area contributed by atoms with Crippen molar-refractivity contribution in [3.63, 3.8) is 0 Å². The van der Waals surface area contributed by atoms with E-state index in [0.717, 1.165) is 30.6 Å². The van der Waals surface area contributed by atoms with Crippen molar-refractivity contribution in [2.45, 2.75) is 57.4 Å². The van der Waals surface area contributed by atoms with E-state index in [4.69, 9.17) is 4.74 Å². The lowest BCUT2D eigenvalue weighted by Crippen LogP contribution is -2.38. The molecule has 0 radical (unpaired) electrons. The van der Waals surface area contributed by atoms with Gasteiger partial charge >= 0.3 is 5.97 Å². The molecule has 1 aromatic rings. The zero-order valence-electron chi connectivity index (χ0n) is 15.9. The summed E-state index contributed by atoms with van der Waals surface area (Å²) in [6.07, 6.45) is 7.63. The fourth-order valence-corrected chi connectivity index (χ4v) is 3.73. The Morgan fingerprint density at radius 1 is 0.964 bits per heavy atom. The fourth-order valence-electron chi connectivity index (χ4n) is 3.73. The molecule has 0 spiro atoms. The van der Waals surface area contributed by atoms with E-state index < -0.39 is 17.8 Å². The van der Waals surface area contributed by atoms with Crippen molar-refractivity contribution in [3.05, 3.63) is 35.4 Å². The van der Waals surface area contributed by atoms with Crippen molar-refractivity contribution in [3.8, 4) is 0 Å². The Morgan fingerprint density at radius 2 is 1.54 bits per heavy atom. The zero-order valence-corrected chi connectivity index (χ0v) is 15.9. The largest absolute Gasteiger partial charge is 0.456 e. The minimum Gasteiger partial charge on any atom is -0.456 e. The van der Waals surface area contributed by atoms with E-state index in [1.807, 2.05) is 0 Å². The van der Waals surface area contributed by atoms with Crippen LogP contribution in [-0.4, -0.2) is 47.8 Å². The lowest BCUT2D eigenvalue weighted by atomic mass is 9.97. The predicted octanol–water partition coefficient (Wildman–Crippen LogP) is 2.45. The van der Waals surface area contributed by atoms with Gasteiger partial charge in [-0.2, -0.15) is 0 Å². The predicted molar refractivity (Wildman–Crippen MR) is 102 cm³/mol. The van der Waals surface area contributed by atoms with Crippen LogP contribution >= 0.6 is 0 Å². The summed E-state index contributed by atoms with van der Waals surface area (Å²) in [6.45, 7) is -0.396. The SMILES string of the molecule is O=C(COC(=O)CCN1C(=O)c2ccccc2C1=O)NC1CCCCCCC1. The molecule has 1 saturated carbocycles. The van der Waals surface area contributed by atoms with Gasteiger partial charge in [0, 0.05) is 12.6 Å². The number of hydrogen-bond donors (Lipinski definition) is 1. The first-order valence-electron chi connectivity index (χ1n) is 9.96. The molecule has 1 aromatic carbocycles.